The van der Waals surface area contributed by atoms with Crippen LogP contribution in [0, 0.1) is 6.07 Å². The lowest BCUT2D eigenvalue weighted by Gasteiger charge is -2.12. The van der Waals surface area contributed by atoms with E-state index < -0.39 is 0 Å². The lowest BCUT2D eigenvalue weighted by Crippen LogP contribution is -2.19. The molecule has 2 aromatic rings. The molecule has 0 bridgehead atoms. The summed E-state index contributed by atoms with van der Waals surface area (Å²) in [5, 5.41) is 6.99. The molecule has 0 amide bonds. The van der Waals surface area contributed by atoms with Gasteiger partial charge in [0.05, 0.1) is 16.4 Å². The molecule has 3 nitrogen and oxygen atoms in total. The number of rotatable bonds is 2. The van der Waals surface area contributed by atoms with Gasteiger partial charge in [0.15, 0.2) is 5.11 Å². The average Bonchev–Trinajstić information content (AvgIpc) is 2.36. The quantitative estimate of drug-likeness (QED) is 0.580. The molecule has 0 aromatic heterocycles. The summed E-state index contributed by atoms with van der Waals surface area (Å²) in [4.78, 5) is 0. The van der Waals surface area contributed by atoms with Gasteiger partial charge in [0, 0.05) is 5.69 Å². The minimum atomic E-state index is 0.454. The Kier molecular flexibility index (Phi) is 4.02. The Labute approximate surface area is 116 Å². The van der Waals surface area contributed by atoms with E-state index in [9.17, 15) is 0 Å². The number of benzene rings is 2. The lowest BCUT2D eigenvalue weighted by atomic mass is 10.2. The highest BCUT2D eigenvalue weighted by atomic mass is 35.5. The number of anilines is 3. The van der Waals surface area contributed by atoms with Gasteiger partial charge in [-0.2, -0.15) is 0 Å². The predicted octanol–water partition coefficient (Wildman–Crippen LogP) is 3.53. The van der Waals surface area contributed by atoms with Crippen molar-refractivity contribution in [3.05, 3.63) is 53.6 Å². The van der Waals surface area contributed by atoms with Gasteiger partial charge in [-0.3, -0.25) is 0 Å². The molecule has 4 N–H and O–H groups in total. The second-order valence-electron chi connectivity index (χ2n) is 3.57. The third kappa shape index (κ3) is 3.12. The SMILES string of the molecule is Nc1c(Cl)cccc1NC(=S)Nc1cc[c]cc1. The number of nitrogen functional groups attached to an aromatic ring is 1. The van der Waals surface area contributed by atoms with Crippen molar-refractivity contribution in [2.75, 3.05) is 16.4 Å². The molecule has 0 atom stereocenters. The Balaban J connectivity index is 2.06. The van der Waals surface area contributed by atoms with Crippen LogP contribution in [0.5, 0.6) is 0 Å². The standard InChI is InChI=1S/C13H11ClN3S/c14-10-7-4-8-11(12(10)15)17-13(18)16-9-5-2-1-3-6-9/h2-8H,15H2,(H2,16,17,18). The van der Waals surface area contributed by atoms with Gasteiger partial charge >= 0.3 is 0 Å². The molecule has 0 fully saturated rings. The van der Waals surface area contributed by atoms with Crippen molar-refractivity contribution in [3.8, 4) is 0 Å². The highest BCUT2D eigenvalue weighted by molar-refractivity contribution is 7.80. The number of hydrogen-bond donors (Lipinski definition) is 3. The number of para-hydroxylation sites is 1. The molecule has 5 heteroatoms. The van der Waals surface area contributed by atoms with Gasteiger partial charge in [-0.1, -0.05) is 29.8 Å². The number of thiocarbonyl (C=S) groups is 1. The topological polar surface area (TPSA) is 50.1 Å². The van der Waals surface area contributed by atoms with Gasteiger partial charge in [0.1, 0.15) is 0 Å². The van der Waals surface area contributed by atoms with Crippen molar-refractivity contribution in [2.45, 2.75) is 0 Å². The smallest absolute Gasteiger partial charge is 0.175 e. The van der Waals surface area contributed by atoms with Crippen molar-refractivity contribution in [3.63, 3.8) is 0 Å². The van der Waals surface area contributed by atoms with Crippen LogP contribution in [-0.2, 0) is 0 Å². The fourth-order valence-electron chi connectivity index (χ4n) is 1.40. The van der Waals surface area contributed by atoms with E-state index in [0.29, 0.717) is 21.5 Å². The van der Waals surface area contributed by atoms with Crippen LogP contribution < -0.4 is 16.4 Å². The predicted molar refractivity (Wildman–Crippen MR) is 81.0 cm³/mol. The van der Waals surface area contributed by atoms with E-state index in [1.807, 2.05) is 18.2 Å². The van der Waals surface area contributed by atoms with Gasteiger partial charge in [0.2, 0.25) is 0 Å². The summed E-state index contributed by atoms with van der Waals surface area (Å²) in [5.41, 5.74) is 7.88. The molecule has 1 radical (unpaired) electrons. The summed E-state index contributed by atoms with van der Waals surface area (Å²) in [6, 6.07) is 15.6. The summed E-state index contributed by atoms with van der Waals surface area (Å²) in [5.74, 6) is 0. The van der Waals surface area contributed by atoms with Crippen LogP contribution in [0.4, 0.5) is 17.1 Å². The molecule has 0 saturated heterocycles. The maximum atomic E-state index is 5.92. The van der Waals surface area contributed by atoms with Crippen molar-refractivity contribution in [2.24, 2.45) is 0 Å². The maximum absolute atomic E-state index is 5.92. The Bertz CT molecular complexity index is 557. The first-order valence-electron chi connectivity index (χ1n) is 5.25. The van der Waals surface area contributed by atoms with Crippen LogP contribution in [0.25, 0.3) is 0 Å². The molecular weight excluding hydrogens is 266 g/mol. The lowest BCUT2D eigenvalue weighted by molar-refractivity contribution is 1.59. The minimum Gasteiger partial charge on any atom is -0.396 e. The van der Waals surface area contributed by atoms with Crippen LogP contribution in [0.1, 0.15) is 0 Å². The van der Waals surface area contributed by atoms with Gasteiger partial charge in [-0.05, 0) is 42.5 Å². The first-order valence-corrected chi connectivity index (χ1v) is 6.03. The largest absolute Gasteiger partial charge is 0.396 e. The van der Waals surface area contributed by atoms with Gasteiger partial charge in [0.25, 0.3) is 0 Å². The number of nitrogens with two attached hydrogens (primary N) is 1. The molecule has 0 aliphatic carbocycles. The molecule has 91 valence electrons. The minimum absolute atomic E-state index is 0.454. The third-order valence-electron chi connectivity index (χ3n) is 2.28. The van der Waals surface area contributed by atoms with Crippen LogP contribution in [-0.4, -0.2) is 5.11 Å². The van der Waals surface area contributed by atoms with Gasteiger partial charge in [-0.25, -0.2) is 0 Å². The highest BCUT2D eigenvalue weighted by Gasteiger charge is 2.04. The van der Waals surface area contributed by atoms with Gasteiger partial charge in [-0.15, -0.1) is 0 Å². The van der Waals surface area contributed by atoms with E-state index in [1.165, 1.54) is 0 Å². The van der Waals surface area contributed by atoms with Crippen LogP contribution in [0.2, 0.25) is 5.02 Å². The number of hydrogen-bond acceptors (Lipinski definition) is 2. The summed E-state index contributed by atoms with van der Waals surface area (Å²) >= 11 is 11.1. The molecule has 2 rings (SSSR count). The Morgan fingerprint density at radius 3 is 2.61 bits per heavy atom. The van der Waals surface area contributed by atoms with E-state index in [1.54, 1.807) is 24.3 Å². The monoisotopic (exact) mass is 276 g/mol. The van der Waals surface area contributed by atoms with Crippen LogP contribution >= 0.6 is 23.8 Å². The molecule has 2 aromatic carbocycles. The van der Waals surface area contributed by atoms with E-state index in [2.05, 4.69) is 16.7 Å². The van der Waals surface area contributed by atoms with Crippen molar-refractivity contribution < 1.29 is 0 Å². The fraction of sp³-hybridized carbons (Fsp3) is 0. The van der Waals surface area contributed by atoms with Crippen molar-refractivity contribution in [1.29, 1.82) is 0 Å². The molecule has 0 spiro atoms. The zero-order valence-electron chi connectivity index (χ0n) is 9.41. The van der Waals surface area contributed by atoms with E-state index in [4.69, 9.17) is 29.6 Å². The number of nitrogens with one attached hydrogen (secondary N) is 2. The summed E-state index contributed by atoms with van der Waals surface area (Å²) in [6.45, 7) is 0. The second-order valence-corrected chi connectivity index (χ2v) is 4.38. The van der Waals surface area contributed by atoms with Crippen LogP contribution in [0.15, 0.2) is 42.5 Å². The Morgan fingerprint density at radius 2 is 1.89 bits per heavy atom. The summed E-state index contributed by atoms with van der Waals surface area (Å²) in [6.07, 6.45) is 0. The van der Waals surface area contributed by atoms with E-state index in [0.717, 1.165) is 5.69 Å². The van der Waals surface area contributed by atoms with Crippen LogP contribution in [0.3, 0.4) is 0 Å². The maximum Gasteiger partial charge on any atom is 0.175 e. The molecular formula is C13H11ClN3S. The zero-order chi connectivity index (χ0) is 13.0. The molecule has 0 saturated carbocycles. The number of halogens is 1. The van der Waals surface area contributed by atoms with Gasteiger partial charge < -0.3 is 16.4 Å². The first kappa shape index (κ1) is 12.7. The molecule has 18 heavy (non-hydrogen) atoms. The van der Waals surface area contributed by atoms with E-state index in [-0.39, 0.29) is 0 Å². The average molecular weight is 277 g/mol. The molecule has 0 aliphatic rings. The molecule has 0 unspecified atom stereocenters. The van der Waals surface area contributed by atoms with Crippen molar-refractivity contribution in [1.82, 2.24) is 0 Å². The second kappa shape index (κ2) is 5.71. The van der Waals surface area contributed by atoms with Crippen molar-refractivity contribution >= 4 is 46.0 Å². The molecule has 0 heterocycles. The zero-order valence-corrected chi connectivity index (χ0v) is 11.0. The normalized spacial score (nSPS) is 9.83. The van der Waals surface area contributed by atoms with E-state index >= 15 is 0 Å². The summed E-state index contributed by atoms with van der Waals surface area (Å²) < 4.78 is 0. The Hall–Kier alpha value is -1.78. The summed E-state index contributed by atoms with van der Waals surface area (Å²) in [7, 11) is 0. The fourth-order valence-corrected chi connectivity index (χ4v) is 1.80. The highest BCUT2D eigenvalue weighted by Crippen LogP contribution is 2.26. The first-order chi connectivity index (χ1) is 8.66. The Morgan fingerprint density at radius 1 is 1.17 bits per heavy atom. The third-order valence-corrected chi connectivity index (χ3v) is 2.81. The molecule has 0 aliphatic heterocycles.